The lowest BCUT2D eigenvalue weighted by Crippen LogP contribution is -2.23. The molecule has 1 aromatic carbocycles. The van der Waals surface area contributed by atoms with Gasteiger partial charge in [0.05, 0.1) is 17.8 Å². The van der Waals surface area contributed by atoms with Gasteiger partial charge in [-0.2, -0.15) is 5.10 Å². The molecule has 0 saturated carbocycles. The zero-order valence-corrected chi connectivity index (χ0v) is 17.2. The van der Waals surface area contributed by atoms with Crippen molar-refractivity contribution < 1.29 is 0 Å². The number of imidazole rings is 2. The number of H-pyrrole nitrogens is 1. The van der Waals surface area contributed by atoms with Crippen molar-refractivity contribution in [2.24, 2.45) is 0 Å². The summed E-state index contributed by atoms with van der Waals surface area (Å²) >= 11 is 0. The van der Waals surface area contributed by atoms with Crippen molar-refractivity contribution in [3.05, 3.63) is 70.5 Å². The number of nitrogens with zero attached hydrogens (tertiary/aromatic N) is 6. The van der Waals surface area contributed by atoms with Gasteiger partial charge in [0, 0.05) is 25.1 Å². The summed E-state index contributed by atoms with van der Waals surface area (Å²) in [5.41, 5.74) is 4.19. The van der Waals surface area contributed by atoms with E-state index in [0.29, 0.717) is 29.3 Å². The van der Waals surface area contributed by atoms with Crippen LogP contribution in [-0.4, -0.2) is 33.7 Å². The average molecular weight is 401 g/mol. The lowest BCUT2D eigenvalue weighted by atomic mass is 10.1. The number of hydrogen-bond donors (Lipinski definition) is 1. The van der Waals surface area contributed by atoms with Crippen LogP contribution >= 0.6 is 0 Å². The van der Waals surface area contributed by atoms with Crippen molar-refractivity contribution >= 4 is 16.9 Å². The van der Waals surface area contributed by atoms with E-state index in [-0.39, 0.29) is 11.6 Å². The second kappa shape index (κ2) is 6.98. The lowest BCUT2D eigenvalue weighted by molar-refractivity contribution is 0.564. The molecule has 0 spiro atoms. The minimum absolute atomic E-state index is 0.0881. The zero-order valence-electron chi connectivity index (χ0n) is 17.2. The van der Waals surface area contributed by atoms with E-state index in [1.807, 2.05) is 28.4 Å². The fourth-order valence-electron chi connectivity index (χ4n) is 3.89. The van der Waals surface area contributed by atoms with E-state index in [1.54, 1.807) is 17.0 Å². The summed E-state index contributed by atoms with van der Waals surface area (Å²) in [7, 11) is 0. The van der Waals surface area contributed by atoms with Crippen LogP contribution in [0.2, 0.25) is 0 Å². The molecule has 5 aromatic rings. The molecule has 0 saturated heterocycles. The molecule has 0 aliphatic carbocycles. The molecule has 0 aliphatic heterocycles. The minimum atomic E-state index is -0.107. The summed E-state index contributed by atoms with van der Waals surface area (Å²) in [6.45, 7) is 6.85. The van der Waals surface area contributed by atoms with Gasteiger partial charge in [-0.3, -0.25) is 18.4 Å². The highest BCUT2D eigenvalue weighted by Crippen LogP contribution is 2.23. The van der Waals surface area contributed by atoms with E-state index >= 15 is 0 Å². The standard InChI is InChI=1S/C22H23N7O/c1-4-9-28-21(30)18-20(27-10-8-23-22(27)28)26-19(25-18)17-12-24-29(13-17)15(3)16-7-5-6-14(2)11-16/h5-8,10-13,15H,4,9H2,1-3H3,(H,25,26). The second-order valence-corrected chi connectivity index (χ2v) is 7.64. The average Bonchev–Trinajstić information content (AvgIpc) is 3.49. The highest BCUT2D eigenvalue weighted by Gasteiger charge is 2.18. The smallest absolute Gasteiger partial charge is 0.280 e. The maximum Gasteiger partial charge on any atom is 0.280 e. The summed E-state index contributed by atoms with van der Waals surface area (Å²) in [5, 5.41) is 4.54. The SMILES string of the molecule is CCCn1c(=O)c2[nH]c(-c3cnn(C(C)c4cccc(C)c4)c3)nc2n2ccnc12. The molecule has 0 radical (unpaired) electrons. The molecule has 4 heterocycles. The van der Waals surface area contributed by atoms with E-state index in [0.717, 1.165) is 12.0 Å². The number of aromatic nitrogens is 7. The summed E-state index contributed by atoms with van der Waals surface area (Å²) in [5.74, 6) is 1.23. The number of aromatic amines is 1. The van der Waals surface area contributed by atoms with E-state index < -0.39 is 0 Å². The first-order valence-electron chi connectivity index (χ1n) is 10.1. The molecule has 8 nitrogen and oxygen atoms in total. The van der Waals surface area contributed by atoms with Crippen molar-refractivity contribution in [1.29, 1.82) is 0 Å². The third-order valence-corrected chi connectivity index (χ3v) is 5.48. The largest absolute Gasteiger partial charge is 0.332 e. The molecule has 1 atom stereocenters. The van der Waals surface area contributed by atoms with Crippen LogP contribution in [0.1, 0.15) is 37.4 Å². The third-order valence-electron chi connectivity index (χ3n) is 5.48. The van der Waals surface area contributed by atoms with Crippen molar-refractivity contribution in [1.82, 2.24) is 33.7 Å². The molecule has 0 aliphatic rings. The van der Waals surface area contributed by atoms with Crippen LogP contribution < -0.4 is 5.56 Å². The first-order chi connectivity index (χ1) is 14.6. The Morgan fingerprint density at radius 1 is 1.27 bits per heavy atom. The van der Waals surface area contributed by atoms with E-state index in [2.05, 4.69) is 53.2 Å². The van der Waals surface area contributed by atoms with Crippen LogP contribution in [0.25, 0.3) is 28.3 Å². The summed E-state index contributed by atoms with van der Waals surface area (Å²) in [6, 6.07) is 8.50. The Hall–Kier alpha value is -3.68. The van der Waals surface area contributed by atoms with Crippen LogP contribution in [0.5, 0.6) is 0 Å². The Bertz CT molecular complexity index is 1420. The number of aryl methyl sites for hydroxylation is 2. The fourth-order valence-corrected chi connectivity index (χ4v) is 3.89. The van der Waals surface area contributed by atoms with Crippen LogP contribution in [0.15, 0.2) is 53.8 Å². The maximum atomic E-state index is 13.0. The Balaban J connectivity index is 1.59. The first-order valence-corrected chi connectivity index (χ1v) is 10.1. The normalized spacial score (nSPS) is 12.8. The molecule has 1 N–H and O–H groups in total. The Kier molecular flexibility index (Phi) is 4.27. The van der Waals surface area contributed by atoms with Gasteiger partial charge in [-0.25, -0.2) is 9.97 Å². The van der Waals surface area contributed by atoms with Crippen LogP contribution in [-0.2, 0) is 6.54 Å². The number of hydrogen-bond acceptors (Lipinski definition) is 4. The van der Waals surface area contributed by atoms with E-state index in [9.17, 15) is 4.79 Å². The number of benzene rings is 1. The van der Waals surface area contributed by atoms with Crippen molar-refractivity contribution in [2.75, 3.05) is 0 Å². The van der Waals surface area contributed by atoms with Crippen LogP contribution in [0.4, 0.5) is 0 Å². The van der Waals surface area contributed by atoms with E-state index in [4.69, 9.17) is 4.98 Å². The first kappa shape index (κ1) is 18.4. The monoisotopic (exact) mass is 401 g/mol. The highest BCUT2D eigenvalue weighted by molar-refractivity contribution is 5.77. The van der Waals surface area contributed by atoms with Crippen LogP contribution in [0, 0.1) is 6.92 Å². The Morgan fingerprint density at radius 2 is 2.13 bits per heavy atom. The molecular formula is C22H23N7O. The third kappa shape index (κ3) is 2.83. The van der Waals surface area contributed by atoms with Gasteiger partial charge in [0.25, 0.3) is 5.56 Å². The molecule has 0 amide bonds. The summed E-state index contributed by atoms with van der Waals surface area (Å²) in [6.07, 6.45) is 8.10. The molecule has 8 heteroatoms. The van der Waals surface area contributed by atoms with Crippen molar-refractivity contribution in [3.8, 4) is 11.4 Å². The van der Waals surface area contributed by atoms with Crippen molar-refractivity contribution in [3.63, 3.8) is 0 Å². The van der Waals surface area contributed by atoms with Gasteiger partial charge >= 0.3 is 0 Å². The number of rotatable bonds is 5. The van der Waals surface area contributed by atoms with E-state index in [1.165, 1.54) is 11.1 Å². The second-order valence-electron chi connectivity index (χ2n) is 7.64. The van der Waals surface area contributed by atoms with Gasteiger partial charge < -0.3 is 4.98 Å². The fraction of sp³-hybridized carbons (Fsp3) is 0.273. The molecule has 5 rings (SSSR count). The lowest BCUT2D eigenvalue weighted by Gasteiger charge is -2.13. The minimum Gasteiger partial charge on any atom is -0.332 e. The molecule has 152 valence electrons. The highest BCUT2D eigenvalue weighted by atomic mass is 16.1. The maximum absolute atomic E-state index is 13.0. The van der Waals surface area contributed by atoms with Gasteiger partial charge in [-0.05, 0) is 25.8 Å². The van der Waals surface area contributed by atoms with Gasteiger partial charge in [0.15, 0.2) is 11.2 Å². The topological polar surface area (TPSA) is 85.8 Å². The Labute approximate surface area is 172 Å². The molecule has 0 bridgehead atoms. The predicted octanol–water partition coefficient (Wildman–Crippen LogP) is 3.56. The predicted molar refractivity (Wildman–Crippen MR) is 116 cm³/mol. The Morgan fingerprint density at radius 3 is 2.93 bits per heavy atom. The van der Waals surface area contributed by atoms with Gasteiger partial charge in [0.2, 0.25) is 5.78 Å². The number of nitrogens with one attached hydrogen (secondary N) is 1. The summed E-state index contributed by atoms with van der Waals surface area (Å²) < 4.78 is 5.46. The summed E-state index contributed by atoms with van der Waals surface area (Å²) in [4.78, 5) is 25.3. The van der Waals surface area contributed by atoms with Crippen LogP contribution in [0.3, 0.4) is 0 Å². The number of fused-ring (bicyclic) bond motifs is 3. The van der Waals surface area contributed by atoms with Gasteiger partial charge in [0.1, 0.15) is 5.82 Å². The molecule has 30 heavy (non-hydrogen) atoms. The quantitative estimate of drug-likeness (QED) is 0.488. The van der Waals surface area contributed by atoms with Crippen molar-refractivity contribution in [2.45, 2.75) is 39.8 Å². The zero-order chi connectivity index (χ0) is 20.8. The molecule has 1 unspecified atom stereocenters. The molecule has 4 aromatic heterocycles. The van der Waals surface area contributed by atoms with Gasteiger partial charge in [-0.1, -0.05) is 36.8 Å². The molecular weight excluding hydrogens is 378 g/mol. The van der Waals surface area contributed by atoms with Gasteiger partial charge in [-0.15, -0.1) is 0 Å². The molecule has 0 fully saturated rings.